The molecule has 16 heavy (non-hydrogen) atoms. The molecule has 1 atom stereocenters. The Bertz CT molecular complexity index is 479. The molecule has 4 nitrogen and oxygen atoms in total. The van der Waals surface area contributed by atoms with Gasteiger partial charge in [-0.15, -0.1) is 11.3 Å². The van der Waals surface area contributed by atoms with Gasteiger partial charge in [0, 0.05) is 13.2 Å². The Morgan fingerprint density at radius 1 is 1.50 bits per heavy atom. The van der Waals surface area contributed by atoms with E-state index in [0.717, 1.165) is 35.6 Å². The number of hydrogen-bond acceptors (Lipinski definition) is 5. The average molecular weight is 235 g/mol. The first-order valence-electron chi connectivity index (χ1n) is 5.47. The van der Waals surface area contributed by atoms with Crippen molar-refractivity contribution in [3.63, 3.8) is 0 Å². The molecule has 0 aromatic carbocycles. The number of anilines is 1. The SMILES string of the molecule is c1nc(NCC2CCCO2)c2ccsc2n1. The van der Waals surface area contributed by atoms with E-state index in [2.05, 4.69) is 21.4 Å². The van der Waals surface area contributed by atoms with Gasteiger partial charge in [-0.2, -0.15) is 0 Å². The lowest BCUT2D eigenvalue weighted by Crippen LogP contribution is -2.19. The molecule has 1 unspecified atom stereocenters. The van der Waals surface area contributed by atoms with E-state index < -0.39 is 0 Å². The van der Waals surface area contributed by atoms with Crippen molar-refractivity contribution in [2.24, 2.45) is 0 Å². The van der Waals surface area contributed by atoms with Gasteiger partial charge < -0.3 is 10.1 Å². The van der Waals surface area contributed by atoms with Crippen LogP contribution in [-0.2, 0) is 4.74 Å². The summed E-state index contributed by atoms with van der Waals surface area (Å²) in [5, 5.41) is 6.49. The highest BCUT2D eigenvalue weighted by atomic mass is 32.1. The molecule has 1 fully saturated rings. The third-order valence-corrected chi connectivity index (χ3v) is 3.60. The van der Waals surface area contributed by atoms with Gasteiger partial charge in [-0.25, -0.2) is 9.97 Å². The van der Waals surface area contributed by atoms with E-state index in [-0.39, 0.29) is 0 Å². The van der Waals surface area contributed by atoms with E-state index in [1.807, 2.05) is 5.38 Å². The van der Waals surface area contributed by atoms with Crippen molar-refractivity contribution >= 4 is 27.4 Å². The minimum absolute atomic E-state index is 0.337. The number of fused-ring (bicyclic) bond motifs is 1. The molecule has 1 aliphatic heterocycles. The van der Waals surface area contributed by atoms with E-state index >= 15 is 0 Å². The zero-order chi connectivity index (χ0) is 10.8. The average Bonchev–Trinajstić information content (AvgIpc) is 2.97. The largest absolute Gasteiger partial charge is 0.376 e. The zero-order valence-electron chi connectivity index (χ0n) is 8.85. The summed E-state index contributed by atoms with van der Waals surface area (Å²) in [5.74, 6) is 0.918. The summed E-state index contributed by atoms with van der Waals surface area (Å²) in [6.07, 6.45) is 4.26. The van der Waals surface area contributed by atoms with Crippen LogP contribution in [0, 0.1) is 0 Å². The lowest BCUT2D eigenvalue weighted by Gasteiger charge is -2.11. The van der Waals surface area contributed by atoms with Crippen LogP contribution in [0.15, 0.2) is 17.8 Å². The van der Waals surface area contributed by atoms with Crippen LogP contribution in [0.25, 0.3) is 10.2 Å². The molecule has 5 heteroatoms. The van der Waals surface area contributed by atoms with Crippen LogP contribution in [0.5, 0.6) is 0 Å². The van der Waals surface area contributed by atoms with Crippen LogP contribution in [0.3, 0.4) is 0 Å². The predicted octanol–water partition coefficient (Wildman–Crippen LogP) is 2.28. The van der Waals surface area contributed by atoms with Gasteiger partial charge >= 0.3 is 0 Å². The quantitative estimate of drug-likeness (QED) is 0.886. The van der Waals surface area contributed by atoms with E-state index in [9.17, 15) is 0 Å². The minimum atomic E-state index is 0.337. The Morgan fingerprint density at radius 3 is 3.38 bits per heavy atom. The van der Waals surface area contributed by atoms with Gasteiger partial charge in [0.15, 0.2) is 0 Å². The fourth-order valence-electron chi connectivity index (χ4n) is 1.95. The van der Waals surface area contributed by atoms with Crippen LogP contribution < -0.4 is 5.32 Å². The maximum atomic E-state index is 5.56. The third kappa shape index (κ3) is 1.88. The second kappa shape index (κ2) is 4.35. The second-order valence-electron chi connectivity index (χ2n) is 3.88. The number of ether oxygens (including phenoxy) is 1. The smallest absolute Gasteiger partial charge is 0.138 e. The normalized spacial score (nSPS) is 20.4. The van der Waals surface area contributed by atoms with Crippen molar-refractivity contribution in [3.8, 4) is 0 Å². The highest BCUT2D eigenvalue weighted by molar-refractivity contribution is 7.16. The van der Waals surface area contributed by atoms with Gasteiger partial charge in [0.25, 0.3) is 0 Å². The van der Waals surface area contributed by atoms with Crippen molar-refractivity contribution in [1.29, 1.82) is 0 Å². The molecule has 2 aromatic heterocycles. The topological polar surface area (TPSA) is 47.0 Å². The van der Waals surface area contributed by atoms with Crippen molar-refractivity contribution < 1.29 is 4.74 Å². The summed E-state index contributed by atoms with van der Waals surface area (Å²) in [6.45, 7) is 1.73. The monoisotopic (exact) mass is 235 g/mol. The molecule has 3 heterocycles. The lowest BCUT2D eigenvalue weighted by atomic mass is 10.2. The number of hydrogen-bond donors (Lipinski definition) is 1. The highest BCUT2D eigenvalue weighted by Crippen LogP contribution is 2.24. The second-order valence-corrected chi connectivity index (χ2v) is 4.77. The standard InChI is InChI=1S/C11H13N3OS/c1-2-8(15-4-1)6-12-10-9-3-5-16-11(9)14-7-13-10/h3,5,7-8H,1-2,4,6H2,(H,12,13,14). The number of rotatable bonds is 3. The van der Waals surface area contributed by atoms with Crippen LogP contribution >= 0.6 is 11.3 Å². The summed E-state index contributed by atoms with van der Waals surface area (Å²) in [6, 6.07) is 2.05. The molecule has 1 saturated heterocycles. The van der Waals surface area contributed by atoms with Crippen LogP contribution in [0.4, 0.5) is 5.82 Å². The van der Waals surface area contributed by atoms with Crippen molar-refractivity contribution in [2.75, 3.05) is 18.5 Å². The molecule has 0 amide bonds. The summed E-state index contributed by atoms with van der Waals surface area (Å²) in [5.41, 5.74) is 0. The van der Waals surface area contributed by atoms with Crippen molar-refractivity contribution in [1.82, 2.24) is 9.97 Å². The fraction of sp³-hybridized carbons (Fsp3) is 0.455. The number of thiophene rings is 1. The first kappa shape index (κ1) is 9.99. The number of aromatic nitrogens is 2. The third-order valence-electron chi connectivity index (χ3n) is 2.78. The Kier molecular flexibility index (Phi) is 2.71. The first-order chi connectivity index (χ1) is 7.93. The predicted molar refractivity (Wildman–Crippen MR) is 64.9 cm³/mol. The zero-order valence-corrected chi connectivity index (χ0v) is 9.67. The molecule has 0 bridgehead atoms. The number of nitrogens with one attached hydrogen (secondary N) is 1. The number of nitrogens with zero attached hydrogens (tertiary/aromatic N) is 2. The summed E-state index contributed by atoms with van der Waals surface area (Å²) in [4.78, 5) is 9.52. The van der Waals surface area contributed by atoms with E-state index in [4.69, 9.17) is 4.74 Å². The van der Waals surface area contributed by atoms with Crippen LogP contribution in [0.2, 0.25) is 0 Å². The fourth-order valence-corrected chi connectivity index (χ4v) is 2.68. The first-order valence-corrected chi connectivity index (χ1v) is 6.35. The molecule has 0 saturated carbocycles. The summed E-state index contributed by atoms with van der Waals surface area (Å²) in [7, 11) is 0. The maximum absolute atomic E-state index is 5.56. The van der Waals surface area contributed by atoms with Crippen molar-refractivity contribution in [2.45, 2.75) is 18.9 Å². The molecular formula is C11H13N3OS. The minimum Gasteiger partial charge on any atom is -0.376 e. The Morgan fingerprint density at radius 2 is 2.50 bits per heavy atom. The highest BCUT2D eigenvalue weighted by Gasteiger charge is 2.15. The molecule has 2 aromatic rings. The summed E-state index contributed by atoms with van der Waals surface area (Å²) >= 11 is 1.64. The van der Waals surface area contributed by atoms with E-state index in [1.54, 1.807) is 17.7 Å². The molecule has 84 valence electrons. The van der Waals surface area contributed by atoms with Crippen LogP contribution in [-0.4, -0.2) is 29.2 Å². The van der Waals surface area contributed by atoms with Gasteiger partial charge in [-0.1, -0.05) is 0 Å². The summed E-state index contributed by atoms with van der Waals surface area (Å²) < 4.78 is 5.56. The Labute approximate surface area is 97.7 Å². The van der Waals surface area contributed by atoms with Gasteiger partial charge in [0.1, 0.15) is 17.0 Å². The Hall–Kier alpha value is -1.20. The lowest BCUT2D eigenvalue weighted by molar-refractivity contribution is 0.120. The Balaban J connectivity index is 1.75. The van der Waals surface area contributed by atoms with Crippen molar-refractivity contribution in [3.05, 3.63) is 17.8 Å². The van der Waals surface area contributed by atoms with Gasteiger partial charge in [-0.3, -0.25) is 0 Å². The van der Waals surface area contributed by atoms with Gasteiger partial charge in [0.05, 0.1) is 11.5 Å². The molecule has 0 spiro atoms. The molecule has 3 rings (SSSR count). The molecule has 1 N–H and O–H groups in total. The van der Waals surface area contributed by atoms with Crippen LogP contribution in [0.1, 0.15) is 12.8 Å². The molecule has 0 aliphatic carbocycles. The van der Waals surface area contributed by atoms with E-state index in [0.29, 0.717) is 6.10 Å². The molecule has 0 radical (unpaired) electrons. The molecule has 1 aliphatic rings. The van der Waals surface area contributed by atoms with E-state index in [1.165, 1.54) is 6.42 Å². The molecular weight excluding hydrogens is 222 g/mol. The van der Waals surface area contributed by atoms with Gasteiger partial charge in [0.2, 0.25) is 0 Å². The maximum Gasteiger partial charge on any atom is 0.138 e. The van der Waals surface area contributed by atoms with Gasteiger partial charge in [-0.05, 0) is 24.3 Å².